The van der Waals surface area contributed by atoms with Gasteiger partial charge < -0.3 is 15.1 Å². The predicted octanol–water partition coefficient (Wildman–Crippen LogP) is 1.77. The molecule has 35 heavy (non-hydrogen) atoms. The van der Waals surface area contributed by atoms with Gasteiger partial charge in [0, 0.05) is 35.9 Å². The maximum Gasteiger partial charge on any atom is 0.352 e. The Balaban J connectivity index is 1.35. The number of hydrogen-bond acceptors (Lipinski definition) is 6. The molecule has 2 aromatic carbocycles. The van der Waals surface area contributed by atoms with Crippen LogP contribution in [0.3, 0.4) is 0 Å². The van der Waals surface area contributed by atoms with E-state index in [4.69, 9.17) is 4.84 Å². The highest BCUT2D eigenvalue weighted by Gasteiger charge is 2.37. The van der Waals surface area contributed by atoms with Crippen LogP contribution < -0.4 is 10.2 Å². The number of anilines is 1. The fourth-order valence-electron chi connectivity index (χ4n) is 4.36. The average Bonchev–Trinajstić information content (AvgIpc) is 3.39. The van der Waals surface area contributed by atoms with Gasteiger partial charge >= 0.3 is 5.97 Å². The van der Waals surface area contributed by atoms with E-state index in [2.05, 4.69) is 10.3 Å². The van der Waals surface area contributed by atoms with Gasteiger partial charge in [-0.3, -0.25) is 24.1 Å². The summed E-state index contributed by atoms with van der Waals surface area (Å²) in [6.07, 6.45) is 0.187. The maximum atomic E-state index is 13.3. The van der Waals surface area contributed by atoms with Crippen LogP contribution in [0.4, 0.5) is 5.69 Å². The lowest BCUT2D eigenvalue weighted by Gasteiger charge is -2.33. The van der Waals surface area contributed by atoms with Crippen molar-refractivity contribution in [1.82, 2.24) is 15.4 Å². The Kier molecular flexibility index (Phi) is 5.56. The third kappa shape index (κ3) is 4.25. The Bertz CT molecular complexity index is 1380. The van der Waals surface area contributed by atoms with Crippen LogP contribution in [0.2, 0.25) is 0 Å². The van der Waals surface area contributed by atoms with E-state index >= 15 is 0 Å². The number of nitrogens with zero attached hydrogens (tertiary/aromatic N) is 2. The van der Waals surface area contributed by atoms with Crippen LogP contribution in [-0.2, 0) is 30.4 Å². The summed E-state index contributed by atoms with van der Waals surface area (Å²) in [6, 6.07) is 13.6. The molecule has 10 heteroatoms. The second kappa shape index (κ2) is 8.71. The van der Waals surface area contributed by atoms with Crippen LogP contribution in [0, 0.1) is 6.92 Å². The number of carbonyl (C=O) groups excluding carboxylic acids is 5. The van der Waals surface area contributed by atoms with Crippen molar-refractivity contribution in [3.05, 3.63) is 65.4 Å². The summed E-state index contributed by atoms with van der Waals surface area (Å²) in [5, 5.41) is 4.08. The van der Waals surface area contributed by atoms with E-state index in [-0.39, 0.29) is 19.3 Å². The second-order valence-corrected chi connectivity index (χ2v) is 8.60. The molecule has 0 saturated carbocycles. The Morgan fingerprint density at radius 1 is 1.06 bits per heavy atom. The highest BCUT2D eigenvalue weighted by molar-refractivity contribution is 6.07. The van der Waals surface area contributed by atoms with Crippen LogP contribution in [0.1, 0.15) is 34.5 Å². The standard InChI is InChI=1S/C25H22N4O6/c1-14-6-7-17-16(10-14)12-18(26-17)24(33)27-19-11-15-4-2-3-5-20(15)28(25(19)34)13-23(32)35-29-21(30)8-9-22(29)31/h2-7,10,12,19,26H,8-9,11,13H2,1H3,(H,27,33). The number of amides is 4. The quantitative estimate of drug-likeness (QED) is 0.543. The average molecular weight is 474 g/mol. The molecule has 0 spiro atoms. The number of aryl methyl sites for hydroxylation is 1. The summed E-state index contributed by atoms with van der Waals surface area (Å²) in [7, 11) is 0. The lowest BCUT2D eigenvalue weighted by atomic mass is 9.97. The van der Waals surface area contributed by atoms with Gasteiger partial charge in [-0.2, -0.15) is 0 Å². The minimum Gasteiger partial charge on any atom is -0.351 e. The highest BCUT2D eigenvalue weighted by Crippen LogP contribution is 2.28. The summed E-state index contributed by atoms with van der Waals surface area (Å²) >= 11 is 0. The molecule has 1 aromatic heterocycles. The molecule has 2 aliphatic rings. The van der Waals surface area contributed by atoms with Crippen LogP contribution >= 0.6 is 0 Å². The molecule has 1 fully saturated rings. The molecule has 3 aromatic rings. The number of hydrogen-bond donors (Lipinski definition) is 2. The van der Waals surface area contributed by atoms with E-state index < -0.39 is 42.2 Å². The van der Waals surface area contributed by atoms with Gasteiger partial charge in [-0.1, -0.05) is 29.8 Å². The molecular weight excluding hydrogens is 452 g/mol. The van der Waals surface area contributed by atoms with E-state index in [0.717, 1.165) is 22.0 Å². The van der Waals surface area contributed by atoms with Gasteiger partial charge in [-0.15, -0.1) is 5.06 Å². The first-order valence-corrected chi connectivity index (χ1v) is 11.2. The van der Waals surface area contributed by atoms with Gasteiger partial charge in [0.1, 0.15) is 18.3 Å². The molecule has 0 bridgehead atoms. The fraction of sp³-hybridized carbons (Fsp3) is 0.240. The smallest absolute Gasteiger partial charge is 0.351 e. The zero-order chi connectivity index (χ0) is 24.7. The number of aromatic nitrogens is 1. The molecule has 0 aliphatic carbocycles. The maximum absolute atomic E-state index is 13.3. The fourth-order valence-corrected chi connectivity index (χ4v) is 4.36. The largest absolute Gasteiger partial charge is 0.352 e. The van der Waals surface area contributed by atoms with Gasteiger partial charge in [0.15, 0.2) is 0 Å². The van der Waals surface area contributed by atoms with E-state index in [1.165, 1.54) is 4.90 Å². The number of benzene rings is 2. The van der Waals surface area contributed by atoms with Crippen molar-refractivity contribution in [1.29, 1.82) is 0 Å². The number of H-pyrrole nitrogens is 1. The molecular formula is C25H22N4O6. The Hall–Kier alpha value is -4.47. The van der Waals surface area contributed by atoms with Crippen LogP contribution in [-0.4, -0.2) is 52.2 Å². The minimum atomic E-state index is -0.935. The van der Waals surface area contributed by atoms with Crippen molar-refractivity contribution < 1.29 is 28.8 Å². The van der Waals surface area contributed by atoms with Crippen molar-refractivity contribution in [3.8, 4) is 0 Å². The SMILES string of the molecule is Cc1ccc2[nH]c(C(=O)NC3Cc4ccccc4N(CC(=O)ON4C(=O)CCC4=O)C3=O)cc2c1. The lowest BCUT2D eigenvalue weighted by Crippen LogP contribution is -2.54. The van der Waals surface area contributed by atoms with E-state index in [1.54, 1.807) is 30.3 Å². The molecule has 10 nitrogen and oxygen atoms in total. The second-order valence-electron chi connectivity index (χ2n) is 8.60. The van der Waals surface area contributed by atoms with Gasteiger partial charge in [0.2, 0.25) is 5.91 Å². The Morgan fingerprint density at radius 3 is 2.57 bits per heavy atom. The first-order valence-electron chi connectivity index (χ1n) is 11.2. The zero-order valence-electron chi connectivity index (χ0n) is 18.9. The van der Waals surface area contributed by atoms with Gasteiger partial charge in [-0.25, -0.2) is 4.79 Å². The zero-order valence-corrected chi connectivity index (χ0v) is 18.9. The number of imide groups is 1. The summed E-state index contributed by atoms with van der Waals surface area (Å²) in [6.45, 7) is 1.43. The Morgan fingerprint density at radius 2 is 1.80 bits per heavy atom. The van der Waals surface area contributed by atoms with E-state index in [9.17, 15) is 24.0 Å². The van der Waals surface area contributed by atoms with Gasteiger partial charge in [0.25, 0.3) is 17.7 Å². The van der Waals surface area contributed by atoms with Crippen LogP contribution in [0.5, 0.6) is 0 Å². The summed E-state index contributed by atoms with van der Waals surface area (Å²) < 4.78 is 0. The van der Waals surface area contributed by atoms with Crippen molar-refractivity contribution >= 4 is 46.2 Å². The minimum absolute atomic E-state index is 0.0287. The normalized spacial score (nSPS) is 17.6. The number of carbonyl (C=O) groups is 5. The van der Waals surface area contributed by atoms with E-state index in [0.29, 0.717) is 16.4 Å². The third-order valence-electron chi connectivity index (χ3n) is 6.08. The van der Waals surface area contributed by atoms with Crippen molar-refractivity contribution in [2.75, 3.05) is 11.4 Å². The predicted molar refractivity (Wildman–Crippen MR) is 124 cm³/mol. The number of aromatic amines is 1. The monoisotopic (exact) mass is 474 g/mol. The summed E-state index contributed by atoms with van der Waals surface area (Å²) in [4.78, 5) is 71.5. The van der Waals surface area contributed by atoms with Gasteiger partial charge in [-0.05, 0) is 36.8 Å². The molecule has 2 aliphatic heterocycles. The molecule has 1 saturated heterocycles. The molecule has 3 heterocycles. The molecule has 1 unspecified atom stereocenters. The molecule has 178 valence electrons. The van der Waals surface area contributed by atoms with Gasteiger partial charge in [0.05, 0.1) is 0 Å². The Labute approximate surface area is 199 Å². The summed E-state index contributed by atoms with van der Waals surface area (Å²) in [5.74, 6) is -3.10. The number of rotatable bonds is 5. The molecule has 0 radical (unpaired) electrons. The number of para-hydroxylation sites is 1. The first kappa shape index (κ1) is 22.3. The number of fused-ring (bicyclic) bond motifs is 2. The number of nitrogens with one attached hydrogen (secondary N) is 2. The number of hydroxylamine groups is 2. The molecule has 5 rings (SSSR count). The van der Waals surface area contributed by atoms with Crippen molar-refractivity contribution in [3.63, 3.8) is 0 Å². The van der Waals surface area contributed by atoms with Crippen molar-refractivity contribution in [2.45, 2.75) is 32.2 Å². The van der Waals surface area contributed by atoms with Crippen LogP contribution in [0.15, 0.2) is 48.5 Å². The first-order chi connectivity index (χ1) is 16.8. The van der Waals surface area contributed by atoms with E-state index in [1.807, 2.05) is 25.1 Å². The molecule has 2 N–H and O–H groups in total. The topological polar surface area (TPSA) is 129 Å². The molecule has 4 amide bonds. The molecule has 1 atom stereocenters. The van der Waals surface area contributed by atoms with Crippen LogP contribution in [0.25, 0.3) is 10.9 Å². The summed E-state index contributed by atoms with van der Waals surface area (Å²) in [5.41, 5.74) is 3.43. The van der Waals surface area contributed by atoms with Crippen molar-refractivity contribution in [2.24, 2.45) is 0 Å². The lowest BCUT2D eigenvalue weighted by molar-refractivity contribution is -0.196. The highest BCUT2D eigenvalue weighted by atomic mass is 16.7. The third-order valence-corrected chi connectivity index (χ3v) is 6.08.